The predicted octanol–water partition coefficient (Wildman–Crippen LogP) is 1.29. The van der Waals surface area contributed by atoms with E-state index < -0.39 is 9.28 Å². The fraction of sp³-hybridized carbons (Fsp3) is 0.400. The van der Waals surface area contributed by atoms with Crippen molar-refractivity contribution >= 4 is 14.5 Å². The Bertz CT molecular complexity index is 262. The van der Waals surface area contributed by atoms with Gasteiger partial charge in [0.05, 0.1) is 0 Å². The van der Waals surface area contributed by atoms with E-state index in [1.54, 1.807) is 14.2 Å². The molecule has 2 nitrogen and oxygen atoms in total. The average Bonchev–Trinajstić information content (AvgIpc) is 2.04. The second-order valence-electron chi connectivity index (χ2n) is 3.07. The van der Waals surface area contributed by atoms with Gasteiger partial charge in [0, 0.05) is 14.2 Å². The number of hydrogen-bond acceptors (Lipinski definition) is 2. The summed E-state index contributed by atoms with van der Waals surface area (Å²) in [7, 11) is 2.13. The van der Waals surface area contributed by atoms with Crippen LogP contribution >= 0.6 is 0 Å². The Morgan fingerprint density at radius 3 is 1.77 bits per heavy atom. The Morgan fingerprint density at radius 2 is 1.38 bits per heavy atom. The van der Waals surface area contributed by atoms with Crippen molar-refractivity contribution in [1.29, 1.82) is 0 Å². The summed E-state index contributed by atoms with van der Waals surface area (Å²) in [4.78, 5) is 0. The molecule has 1 radical (unpaired) electrons. The zero-order valence-electron chi connectivity index (χ0n) is 8.55. The summed E-state index contributed by atoms with van der Waals surface area (Å²) in [6.07, 6.45) is 0. The van der Waals surface area contributed by atoms with Crippen molar-refractivity contribution in [3.05, 3.63) is 29.3 Å². The molecule has 1 aromatic carbocycles. The van der Waals surface area contributed by atoms with E-state index in [0.29, 0.717) is 0 Å². The van der Waals surface area contributed by atoms with Crippen LogP contribution in [0.2, 0.25) is 0 Å². The van der Waals surface area contributed by atoms with Crippen molar-refractivity contribution in [1.82, 2.24) is 0 Å². The van der Waals surface area contributed by atoms with Gasteiger partial charge in [0.1, 0.15) is 0 Å². The summed E-state index contributed by atoms with van der Waals surface area (Å²) < 4.78 is 10.6. The highest BCUT2D eigenvalue weighted by molar-refractivity contribution is 6.61. The molecule has 0 aliphatic heterocycles. The van der Waals surface area contributed by atoms with E-state index in [1.807, 2.05) is 0 Å². The zero-order chi connectivity index (χ0) is 9.84. The van der Waals surface area contributed by atoms with Crippen LogP contribution in [0.1, 0.15) is 11.1 Å². The lowest BCUT2D eigenvalue weighted by Gasteiger charge is -2.10. The summed E-state index contributed by atoms with van der Waals surface area (Å²) in [6.45, 7) is 4.17. The van der Waals surface area contributed by atoms with Crippen molar-refractivity contribution in [2.24, 2.45) is 0 Å². The molecule has 13 heavy (non-hydrogen) atoms. The van der Waals surface area contributed by atoms with Gasteiger partial charge >= 0.3 is 9.28 Å². The van der Waals surface area contributed by atoms with Crippen molar-refractivity contribution in [3.63, 3.8) is 0 Å². The van der Waals surface area contributed by atoms with Crippen LogP contribution in [0.3, 0.4) is 0 Å². The highest BCUT2D eigenvalue weighted by Crippen LogP contribution is 2.01. The van der Waals surface area contributed by atoms with Gasteiger partial charge in [-0.15, -0.1) is 0 Å². The lowest BCUT2D eigenvalue weighted by Crippen LogP contribution is -2.35. The maximum Gasteiger partial charge on any atom is 0.423 e. The van der Waals surface area contributed by atoms with E-state index in [-0.39, 0.29) is 0 Å². The first-order chi connectivity index (χ1) is 6.17. The molecule has 0 saturated carbocycles. The minimum Gasteiger partial charge on any atom is -0.393 e. The second kappa shape index (κ2) is 4.55. The van der Waals surface area contributed by atoms with Crippen LogP contribution in [0.15, 0.2) is 18.2 Å². The van der Waals surface area contributed by atoms with Crippen molar-refractivity contribution in [3.8, 4) is 0 Å². The number of hydrogen-bond donors (Lipinski definition) is 0. The molecule has 0 N–H and O–H groups in total. The number of aryl methyl sites for hydroxylation is 2. The molecule has 3 heteroatoms. The monoisotopic (exact) mass is 195 g/mol. The third-order valence-corrected chi connectivity index (χ3v) is 3.33. The maximum atomic E-state index is 5.28. The summed E-state index contributed by atoms with van der Waals surface area (Å²) in [5, 5.41) is 1.17. The van der Waals surface area contributed by atoms with Crippen molar-refractivity contribution in [2.75, 3.05) is 14.2 Å². The molecular weight excluding hydrogens is 180 g/mol. The first kappa shape index (κ1) is 10.4. The molecule has 0 saturated heterocycles. The van der Waals surface area contributed by atoms with E-state index >= 15 is 0 Å². The van der Waals surface area contributed by atoms with Gasteiger partial charge in [0.15, 0.2) is 0 Å². The van der Waals surface area contributed by atoms with Crippen LogP contribution < -0.4 is 5.19 Å². The summed E-state index contributed by atoms with van der Waals surface area (Å²) in [5.41, 5.74) is 2.51. The van der Waals surface area contributed by atoms with Gasteiger partial charge in [-0.2, -0.15) is 0 Å². The van der Waals surface area contributed by atoms with Crippen molar-refractivity contribution in [2.45, 2.75) is 13.8 Å². The smallest absolute Gasteiger partial charge is 0.393 e. The van der Waals surface area contributed by atoms with Gasteiger partial charge in [0.25, 0.3) is 0 Å². The third-order valence-electron chi connectivity index (χ3n) is 1.83. The van der Waals surface area contributed by atoms with Gasteiger partial charge in [-0.05, 0) is 19.0 Å². The van der Waals surface area contributed by atoms with Crippen LogP contribution in [0.25, 0.3) is 0 Å². The van der Waals surface area contributed by atoms with E-state index in [2.05, 4.69) is 32.0 Å². The molecule has 0 aliphatic rings. The third kappa shape index (κ3) is 2.65. The van der Waals surface area contributed by atoms with E-state index in [0.717, 1.165) is 0 Å². The van der Waals surface area contributed by atoms with Crippen LogP contribution in [0.4, 0.5) is 0 Å². The Hall–Kier alpha value is -0.643. The Labute approximate surface area is 81.3 Å². The summed E-state index contributed by atoms with van der Waals surface area (Å²) >= 11 is 0. The topological polar surface area (TPSA) is 18.5 Å². The predicted molar refractivity (Wildman–Crippen MR) is 55.3 cm³/mol. The molecule has 71 valence electrons. The molecule has 0 spiro atoms. The maximum absolute atomic E-state index is 5.28. The van der Waals surface area contributed by atoms with Gasteiger partial charge in [-0.3, -0.25) is 0 Å². The summed E-state index contributed by atoms with van der Waals surface area (Å²) in [6, 6.07) is 6.39. The average molecular weight is 195 g/mol. The highest BCUT2D eigenvalue weighted by atomic mass is 28.3. The van der Waals surface area contributed by atoms with E-state index in [1.165, 1.54) is 16.3 Å². The van der Waals surface area contributed by atoms with Gasteiger partial charge in [0.2, 0.25) is 0 Å². The van der Waals surface area contributed by atoms with E-state index in [4.69, 9.17) is 8.85 Å². The lowest BCUT2D eigenvalue weighted by molar-refractivity contribution is 0.292. The van der Waals surface area contributed by atoms with Gasteiger partial charge < -0.3 is 8.85 Å². The molecule has 1 aromatic rings. The van der Waals surface area contributed by atoms with E-state index in [9.17, 15) is 0 Å². The first-order valence-electron chi connectivity index (χ1n) is 4.21. The van der Waals surface area contributed by atoms with Crippen molar-refractivity contribution < 1.29 is 8.85 Å². The zero-order valence-corrected chi connectivity index (χ0v) is 9.55. The molecule has 0 fully saturated rings. The van der Waals surface area contributed by atoms with Crippen LogP contribution in [-0.2, 0) is 8.85 Å². The number of rotatable bonds is 3. The van der Waals surface area contributed by atoms with Crippen LogP contribution in [0.5, 0.6) is 0 Å². The molecule has 0 amide bonds. The molecule has 0 heterocycles. The molecular formula is C10H15O2Si. The van der Waals surface area contributed by atoms with Gasteiger partial charge in [-0.1, -0.05) is 29.3 Å². The Morgan fingerprint density at radius 1 is 0.923 bits per heavy atom. The molecule has 0 atom stereocenters. The minimum absolute atomic E-state index is 1.17. The van der Waals surface area contributed by atoms with Crippen LogP contribution in [0, 0.1) is 13.8 Å². The largest absolute Gasteiger partial charge is 0.423 e. The fourth-order valence-electron chi connectivity index (χ4n) is 1.41. The molecule has 0 aromatic heterocycles. The Kier molecular flexibility index (Phi) is 3.66. The normalized spacial score (nSPS) is 10.8. The Balaban J connectivity index is 2.99. The fourth-order valence-corrected chi connectivity index (χ4v) is 2.74. The molecule has 0 unspecified atom stereocenters. The molecule has 0 bridgehead atoms. The minimum atomic E-state index is -1.25. The SMILES string of the molecule is CO[Si](OC)c1cc(C)cc(C)c1. The molecule has 1 rings (SSSR count). The highest BCUT2D eigenvalue weighted by Gasteiger charge is 2.15. The lowest BCUT2D eigenvalue weighted by atomic mass is 10.2. The number of benzene rings is 1. The first-order valence-corrected chi connectivity index (χ1v) is 5.52. The summed E-state index contributed by atoms with van der Waals surface area (Å²) in [5.74, 6) is 0. The van der Waals surface area contributed by atoms with Crippen LogP contribution in [-0.4, -0.2) is 23.5 Å². The molecule has 0 aliphatic carbocycles. The second-order valence-corrected chi connectivity index (χ2v) is 5.04. The quantitative estimate of drug-likeness (QED) is 0.677. The standard InChI is InChI=1S/C10H15O2Si/c1-8-5-9(2)7-10(6-8)13(11-3)12-4/h5-7H,1-4H3. The van der Waals surface area contributed by atoms with Gasteiger partial charge in [-0.25, -0.2) is 0 Å².